The third-order valence-corrected chi connectivity index (χ3v) is 7.09. The summed E-state index contributed by atoms with van der Waals surface area (Å²) in [4.78, 5) is 19.5. The average Bonchev–Trinajstić information content (AvgIpc) is 3.01. The molecule has 192 valence electrons. The molecule has 3 heterocycles. The van der Waals surface area contributed by atoms with Crippen LogP contribution in [0, 0.1) is 0 Å². The van der Waals surface area contributed by atoms with Crippen LogP contribution in [0.1, 0.15) is 17.5 Å². The zero-order chi connectivity index (χ0) is 26.1. The van der Waals surface area contributed by atoms with Gasteiger partial charge in [0.05, 0.1) is 25.1 Å². The van der Waals surface area contributed by atoms with Crippen LogP contribution in [-0.4, -0.2) is 53.5 Å². The lowest BCUT2D eigenvalue weighted by Gasteiger charge is -2.24. The number of benzene rings is 1. The summed E-state index contributed by atoms with van der Waals surface area (Å²) in [5, 5.41) is 6.43. The molecule has 1 aromatic carbocycles. The first-order valence-corrected chi connectivity index (χ1v) is 13.9. The number of fused-ring (bicyclic) bond motifs is 1. The first kappa shape index (κ1) is 26.0. The van der Waals surface area contributed by atoms with Gasteiger partial charge < -0.3 is 24.8 Å². The number of halogens is 4. The molecule has 0 saturated carbocycles. The summed E-state index contributed by atoms with van der Waals surface area (Å²) in [6.07, 6.45) is -0.863. The Morgan fingerprint density at radius 1 is 1.22 bits per heavy atom. The Morgan fingerprint density at radius 2 is 2.00 bits per heavy atom. The largest absolute Gasteiger partial charge is 0.478 e. The molecule has 9 nitrogen and oxygen atoms in total. The molecule has 0 fully saturated rings. The predicted octanol–water partition coefficient (Wildman–Crippen LogP) is 4.76. The van der Waals surface area contributed by atoms with E-state index in [1.54, 1.807) is 13.3 Å². The van der Waals surface area contributed by atoms with E-state index in [4.69, 9.17) is 16.3 Å². The summed E-state index contributed by atoms with van der Waals surface area (Å²) >= 11 is 6.24. The van der Waals surface area contributed by atoms with Crippen LogP contribution < -0.4 is 25.7 Å². The smallest absolute Gasteiger partial charge is 0.416 e. The van der Waals surface area contributed by atoms with E-state index in [1.807, 2.05) is 4.90 Å². The minimum Gasteiger partial charge on any atom is -0.478 e. The summed E-state index contributed by atoms with van der Waals surface area (Å²) in [6.45, 7) is 4.41. The zero-order valence-corrected chi connectivity index (χ0v) is 21.4. The fourth-order valence-corrected chi connectivity index (χ4v) is 4.42. The van der Waals surface area contributed by atoms with Gasteiger partial charge in [0.1, 0.15) is 12.6 Å². The molecule has 0 bridgehead atoms. The lowest BCUT2D eigenvalue weighted by Crippen LogP contribution is -2.25. The van der Waals surface area contributed by atoms with Crippen molar-refractivity contribution in [3.8, 4) is 5.88 Å². The molecule has 36 heavy (non-hydrogen) atoms. The van der Waals surface area contributed by atoms with Gasteiger partial charge >= 0.3 is 6.18 Å². The quantitative estimate of drug-likeness (QED) is 0.427. The third-order valence-electron chi connectivity index (χ3n) is 5.40. The number of alkyl halides is 3. The van der Waals surface area contributed by atoms with E-state index in [-0.39, 0.29) is 23.3 Å². The number of methoxy groups -OCH3 is 1. The highest BCUT2D eigenvalue weighted by Gasteiger charge is 2.31. The predicted molar refractivity (Wildman–Crippen MR) is 134 cm³/mol. The second-order valence-electron chi connectivity index (χ2n) is 8.50. The number of rotatable bonds is 6. The molecule has 1 aliphatic heterocycles. The second-order valence-corrected chi connectivity index (χ2v) is 12.1. The highest BCUT2D eigenvalue weighted by molar-refractivity contribution is 7.69. The van der Waals surface area contributed by atoms with Gasteiger partial charge in [0.15, 0.2) is 23.3 Å². The lowest BCUT2D eigenvalue weighted by molar-refractivity contribution is -0.137. The summed E-state index contributed by atoms with van der Waals surface area (Å²) in [5.41, 5.74) is -0.119. The first-order chi connectivity index (χ1) is 17.0. The number of aromatic nitrogens is 4. The number of ether oxygens (including phenoxy) is 1. The van der Waals surface area contributed by atoms with Gasteiger partial charge in [0, 0.05) is 24.7 Å². The van der Waals surface area contributed by atoms with Crippen molar-refractivity contribution in [1.82, 2.24) is 19.9 Å². The number of anilines is 4. The highest BCUT2D eigenvalue weighted by Crippen LogP contribution is 2.36. The van der Waals surface area contributed by atoms with Gasteiger partial charge in [-0.2, -0.15) is 13.2 Å². The zero-order valence-electron chi connectivity index (χ0n) is 19.7. The maximum absolute atomic E-state index is 13.3. The van der Waals surface area contributed by atoms with Crippen LogP contribution >= 0.6 is 18.7 Å². The van der Waals surface area contributed by atoms with E-state index in [9.17, 15) is 17.7 Å². The fraction of sp³-hybridized carbons (Fsp3) is 0.364. The molecule has 14 heteroatoms. The van der Waals surface area contributed by atoms with Crippen LogP contribution in [0.25, 0.3) is 0 Å². The molecule has 0 radical (unpaired) electrons. The average molecular weight is 542 g/mol. The SMILES string of the molecule is COc1nc(P(C)(C)=O)cnc1Nc1cnc2c(n1)N(Cc1cc(C(F)(F)F)ccc1Cl)CCCN2. The van der Waals surface area contributed by atoms with Gasteiger partial charge in [-0.15, -0.1) is 0 Å². The Labute approximate surface area is 210 Å². The Balaban J connectivity index is 1.66. The van der Waals surface area contributed by atoms with Crippen LogP contribution in [0.5, 0.6) is 5.88 Å². The van der Waals surface area contributed by atoms with E-state index in [0.717, 1.165) is 12.1 Å². The van der Waals surface area contributed by atoms with Crippen molar-refractivity contribution in [2.24, 2.45) is 0 Å². The topological polar surface area (TPSA) is 105 Å². The van der Waals surface area contributed by atoms with Crippen LogP contribution in [0.15, 0.2) is 30.6 Å². The Hall–Kier alpha value is -3.11. The number of nitrogens with one attached hydrogen (secondary N) is 2. The van der Waals surface area contributed by atoms with E-state index < -0.39 is 18.9 Å². The van der Waals surface area contributed by atoms with Crippen LogP contribution in [0.4, 0.5) is 36.4 Å². The van der Waals surface area contributed by atoms with Gasteiger partial charge in [0.2, 0.25) is 0 Å². The molecular formula is C22H24ClF3N7O2P. The minimum atomic E-state index is -4.48. The summed E-state index contributed by atoms with van der Waals surface area (Å²) in [5.74, 6) is 1.64. The molecule has 2 N–H and O–H groups in total. The Kier molecular flexibility index (Phi) is 7.28. The maximum Gasteiger partial charge on any atom is 0.416 e. The summed E-state index contributed by atoms with van der Waals surface area (Å²) < 4.78 is 57.4. The van der Waals surface area contributed by atoms with Crippen molar-refractivity contribution >= 4 is 47.4 Å². The molecule has 0 amide bonds. The van der Waals surface area contributed by atoms with E-state index >= 15 is 0 Å². The molecule has 0 atom stereocenters. The number of nitrogens with zero attached hydrogens (tertiary/aromatic N) is 5. The van der Waals surface area contributed by atoms with Crippen molar-refractivity contribution in [3.05, 3.63) is 46.7 Å². The van der Waals surface area contributed by atoms with E-state index in [2.05, 4.69) is 30.6 Å². The van der Waals surface area contributed by atoms with Gasteiger partial charge in [-0.1, -0.05) is 11.6 Å². The van der Waals surface area contributed by atoms with Crippen LogP contribution in [0.3, 0.4) is 0 Å². The molecular weight excluding hydrogens is 518 g/mol. The lowest BCUT2D eigenvalue weighted by atomic mass is 10.1. The van der Waals surface area contributed by atoms with E-state index in [0.29, 0.717) is 48.0 Å². The van der Waals surface area contributed by atoms with Gasteiger partial charge in [-0.05, 0) is 43.5 Å². The number of hydrogen-bond acceptors (Lipinski definition) is 9. The van der Waals surface area contributed by atoms with Crippen molar-refractivity contribution in [1.29, 1.82) is 0 Å². The molecule has 0 saturated heterocycles. The maximum atomic E-state index is 13.3. The minimum absolute atomic E-state index is 0.107. The van der Waals surface area contributed by atoms with Crippen molar-refractivity contribution < 1.29 is 22.5 Å². The van der Waals surface area contributed by atoms with Gasteiger partial charge in [0.25, 0.3) is 5.88 Å². The van der Waals surface area contributed by atoms with E-state index in [1.165, 1.54) is 25.6 Å². The van der Waals surface area contributed by atoms with Crippen molar-refractivity contribution in [3.63, 3.8) is 0 Å². The summed E-state index contributed by atoms with van der Waals surface area (Å²) in [6, 6.07) is 3.26. The fourth-order valence-electron chi connectivity index (χ4n) is 3.57. The molecule has 1 aliphatic rings. The van der Waals surface area contributed by atoms with Gasteiger partial charge in [-0.3, -0.25) is 0 Å². The first-order valence-electron chi connectivity index (χ1n) is 10.9. The monoisotopic (exact) mass is 541 g/mol. The Morgan fingerprint density at radius 3 is 2.69 bits per heavy atom. The normalized spacial score (nSPS) is 14.0. The summed E-state index contributed by atoms with van der Waals surface area (Å²) in [7, 11) is -1.23. The third kappa shape index (κ3) is 5.82. The highest BCUT2D eigenvalue weighted by atomic mass is 35.5. The molecule has 0 spiro atoms. The van der Waals surface area contributed by atoms with Gasteiger partial charge in [-0.25, -0.2) is 19.9 Å². The van der Waals surface area contributed by atoms with Crippen LogP contribution in [0.2, 0.25) is 5.02 Å². The van der Waals surface area contributed by atoms with Crippen LogP contribution in [-0.2, 0) is 17.3 Å². The standard InChI is InChI=1S/C22H24ClF3N7O2P/c1-35-21-19(29-11-17(32-21)36(2,3)34)30-16-10-28-18-20(31-16)33(8-4-7-27-18)12-13-9-14(22(24,25)26)5-6-15(13)23/h5-6,9-11H,4,7-8,12H2,1-3H3,(H,27,28)(H,29,30,31). The molecule has 0 unspecified atom stereocenters. The van der Waals surface area contributed by atoms with Crippen molar-refractivity contribution in [2.75, 3.05) is 49.1 Å². The molecule has 4 rings (SSSR count). The number of hydrogen-bond donors (Lipinski definition) is 2. The van der Waals surface area contributed by atoms with Crippen molar-refractivity contribution in [2.45, 2.75) is 19.1 Å². The molecule has 2 aromatic heterocycles. The molecule has 0 aliphatic carbocycles. The second kappa shape index (κ2) is 10.1. The Bertz CT molecular complexity index is 1320. The molecule has 3 aromatic rings.